The molecule has 12 aromatic heterocycles. The first kappa shape index (κ1) is 85.4. The van der Waals surface area contributed by atoms with Crippen molar-refractivity contribution >= 4 is 126 Å². The largest absolute Gasteiger partial charge is 0.405 e. The summed E-state index contributed by atoms with van der Waals surface area (Å²) in [5.41, 5.74) is 3.31. The molecule has 9 N–H and O–H groups in total. The Morgan fingerprint density at radius 3 is 1.43 bits per heavy atom. The summed E-state index contributed by atoms with van der Waals surface area (Å²) < 4.78 is 193. The van der Waals surface area contributed by atoms with E-state index in [0.717, 1.165) is 28.6 Å². The minimum absolute atomic E-state index is 0. The van der Waals surface area contributed by atoms with Crippen molar-refractivity contribution in [2.75, 3.05) is 77.8 Å². The summed E-state index contributed by atoms with van der Waals surface area (Å²) in [6.07, 6.45) is 1.43. The maximum Gasteiger partial charge on any atom is 0.405 e. The third kappa shape index (κ3) is 20.9. The number of carbonyl (C=O) groups excluding carboxylic acids is 4. The number of nitrogens with zero attached hydrogens (tertiary/aromatic N) is 15. The van der Waals surface area contributed by atoms with Crippen molar-refractivity contribution < 1.29 is 92.2 Å². The Labute approximate surface area is 678 Å². The number of aromatic amines is 4. The molecule has 46 heteroatoms. The summed E-state index contributed by atoms with van der Waals surface area (Å²) >= 11 is 13.4. The molecule has 0 aromatic carbocycles. The summed E-state index contributed by atoms with van der Waals surface area (Å²) in [5, 5.41) is 14.1. The lowest BCUT2D eigenvalue weighted by atomic mass is 9.97. The molecule has 12 aromatic rings. The van der Waals surface area contributed by atoms with E-state index in [1.165, 1.54) is 70.3 Å². The molecule has 3 aliphatic rings. The lowest BCUT2D eigenvalue weighted by molar-refractivity contribution is -0.141. The number of rotatable bonds is 19. The minimum atomic E-state index is -4.57. The Morgan fingerprint density at radius 1 is 0.542 bits per heavy atom. The topological polar surface area (TPSA) is 356 Å². The monoisotopic (exact) mass is 1730 g/mol. The van der Waals surface area contributed by atoms with Gasteiger partial charge in [0.15, 0.2) is 46.6 Å². The van der Waals surface area contributed by atoms with Crippen molar-refractivity contribution in [3.05, 3.63) is 145 Å². The third-order valence-corrected chi connectivity index (χ3v) is 19.5. The van der Waals surface area contributed by atoms with Crippen molar-refractivity contribution in [2.45, 2.75) is 93.6 Å². The molecule has 5 atom stereocenters. The van der Waals surface area contributed by atoms with E-state index >= 15 is 0 Å². The zero-order valence-electron chi connectivity index (χ0n) is 61.2. The number of nitrogens with one attached hydrogen (secondary N) is 9. The van der Waals surface area contributed by atoms with Crippen LogP contribution in [-0.4, -0.2) is 216 Å². The van der Waals surface area contributed by atoms with E-state index in [2.05, 4.69) is 85.1 Å². The Balaban J connectivity index is 0.000000223. The molecule has 632 valence electrons. The van der Waals surface area contributed by atoms with Crippen molar-refractivity contribution in [3.8, 4) is 45.6 Å². The van der Waals surface area contributed by atoms with Gasteiger partial charge in [-0.25, -0.2) is 73.0 Å². The number of halogens is 17. The lowest BCUT2D eigenvalue weighted by Crippen LogP contribution is -2.55. The third-order valence-electron chi connectivity index (χ3n) is 18.4. The molecule has 15 heterocycles. The van der Waals surface area contributed by atoms with Crippen LogP contribution in [-0.2, 0) is 19.2 Å². The highest BCUT2D eigenvalue weighted by atomic mass is 35.5. The summed E-state index contributed by atoms with van der Waals surface area (Å²) in [4.78, 5) is 116. The standard InChI is InChI=1S/C19H17ClF4N6O.2C18H16F4N6O.C17H16ClF3N6OS.5H2/c1-18(17(31)28-9-19(22,23)24)5-11(21)8-30(18)14-2-3-25-16(29-14)13-7-27-15-12(13)4-10(20)6-26-15;2*19-12-8-25-15(11-7-24-14-10(11)3-1-5-23-14)27-16(12)28-6-2-4-13(28)17(29)26-9-18(20,21)22;1-29-7-12(16(28)25-8-17(19,20)21)26-13-2-3-22-15(27-13)11-6-24-14-10(11)4-9(18)5-23-14;;;;;/h2-4,6-7,11H,5,8-9H2,1H3,(H,26,27)(H,28,31);2*1,3,5,7-8,13H,2,4,6,9H2,(H,23,24)(H,26,29);2-6,12H,7-8H2,1H3,(H,23,24)(H,25,28)(H,22,26,27);5*1H/t11-,18+;2*13-;12-;;;;;/m0100...../s1. The Bertz CT molecular complexity index is 5460. The van der Waals surface area contributed by atoms with Gasteiger partial charge in [0.2, 0.25) is 23.6 Å². The minimum Gasteiger partial charge on any atom is -0.358 e. The van der Waals surface area contributed by atoms with Gasteiger partial charge in [0.25, 0.3) is 0 Å². The normalized spacial score (nSPS) is 17.2. The number of pyridine rings is 4. The molecule has 28 nitrogen and oxygen atoms in total. The highest BCUT2D eigenvalue weighted by Gasteiger charge is 2.50. The van der Waals surface area contributed by atoms with Gasteiger partial charge in [-0.05, 0) is 87.4 Å². The maximum absolute atomic E-state index is 14.5. The van der Waals surface area contributed by atoms with Crippen LogP contribution in [0.3, 0.4) is 0 Å². The van der Waals surface area contributed by atoms with E-state index in [1.807, 2.05) is 33.4 Å². The molecule has 0 radical (unpaired) electrons. The van der Waals surface area contributed by atoms with Crippen molar-refractivity contribution in [1.29, 1.82) is 0 Å². The van der Waals surface area contributed by atoms with Gasteiger partial charge in [-0.3, -0.25) is 19.2 Å². The molecule has 15 rings (SSSR count). The Kier molecular flexibility index (Phi) is 26.0. The maximum atomic E-state index is 14.5. The average Bonchev–Trinajstić information content (AvgIpc) is 1.60. The zero-order chi connectivity index (χ0) is 84.6. The van der Waals surface area contributed by atoms with Crippen molar-refractivity contribution in [1.82, 2.24) is 101 Å². The van der Waals surface area contributed by atoms with Crippen LogP contribution in [0, 0.1) is 11.6 Å². The predicted octanol–water partition coefficient (Wildman–Crippen LogP) is 14.0. The first-order chi connectivity index (χ1) is 56.0. The number of carbonyl (C=O) groups is 4. The van der Waals surface area contributed by atoms with Crippen LogP contribution in [0.15, 0.2) is 123 Å². The number of fused-ring (bicyclic) bond motifs is 4. The number of alkyl halides is 13. The Hall–Kier alpha value is -12.0. The number of H-pyrrole nitrogens is 4. The van der Waals surface area contributed by atoms with E-state index in [1.54, 1.807) is 67.7 Å². The average molecular weight is 1730 g/mol. The van der Waals surface area contributed by atoms with Crippen LogP contribution in [0.1, 0.15) is 46.2 Å². The second kappa shape index (κ2) is 35.9. The molecule has 3 aliphatic heterocycles. The quantitative estimate of drug-likeness (QED) is 0.0340. The summed E-state index contributed by atoms with van der Waals surface area (Å²) in [6, 6.07) is 10.8. The van der Waals surface area contributed by atoms with Gasteiger partial charge in [0.05, 0.1) is 29.0 Å². The van der Waals surface area contributed by atoms with Gasteiger partial charge in [0, 0.05) is 138 Å². The molecule has 0 aliphatic carbocycles. The molecular formula is C72H75Cl2F15N24O4S. The van der Waals surface area contributed by atoms with Crippen LogP contribution >= 0.6 is 35.0 Å². The lowest BCUT2D eigenvalue weighted by Gasteiger charge is -2.34. The smallest absolute Gasteiger partial charge is 0.358 e. The molecule has 0 spiro atoms. The fourth-order valence-electron chi connectivity index (χ4n) is 13.2. The van der Waals surface area contributed by atoms with E-state index < -0.39 is 116 Å². The van der Waals surface area contributed by atoms with Gasteiger partial charge in [-0.15, -0.1) is 0 Å². The molecule has 3 saturated heterocycles. The highest BCUT2D eigenvalue weighted by Crippen LogP contribution is 2.39. The van der Waals surface area contributed by atoms with Crippen molar-refractivity contribution in [3.63, 3.8) is 0 Å². The van der Waals surface area contributed by atoms with Crippen LogP contribution < -0.4 is 41.3 Å². The fourth-order valence-corrected chi connectivity index (χ4v) is 14.0. The van der Waals surface area contributed by atoms with Gasteiger partial charge in [-0.1, -0.05) is 23.2 Å². The molecule has 118 heavy (non-hydrogen) atoms. The van der Waals surface area contributed by atoms with Gasteiger partial charge >= 0.3 is 24.7 Å². The number of anilines is 4. The summed E-state index contributed by atoms with van der Waals surface area (Å²) in [6.45, 7) is -3.95. The van der Waals surface area contributed by atoms with E-state index in [0.29, 0.717) is 111 Å². The first-order valence-corrected chi connectivity index (χ1v) is 37.6. The number of hydrogen-bond acceptors (Lipinski definition) is 21. The molecule has 4 amide bonds. The summed E-state index contributed by atoms with van der Waals surface area (Å²) in [5.74, 6) is -3.17. The van der Waals surface area contributed by atoms with Gasteiger partial charge in [0.1, 0.15) is 90.2 Å². The van der Waals surface area contributed by atoms with Crippen LogP contribution in [0.4, 0.5) is 89.1 Å². The zero-order valence-corrected chi connectivity index (χ0v) is 63.6. The van der Waals surface area contributed by atoms with Gasteiger partial charge < -0.3 is 61.2 Å². The summed E-state index contributed by atoms with van der Waals surface area (Å²) in [7, 11) is 0. The number of hydrogen-bond donors (Lipinski definition) is 9. The SMILES string of the molecule is CSC[C@H](Nc1ccnc(-c2c[nH]c3ncc(Cl)cc23)n1)C(=O)NCC(F)(F)F.C[C@]1(C(=O)NCC(F)(F)F)C[C@H](F)CN1c1ccnc(-c2c[nH]c3ncc(Cl)cc23)n1.O=C(NCC(F)(F)F)[C@@H]1CCCN1c1nc(-c2c[nH]c3ncccc23)ncc1F.O=C(NCC(F)(F)F)[C@H]1CCCN1c1nc(-c2c[nH]c3ncccc23)ncc1F.[HH].[HH].[HH].[HH].[HH]. The molecule has 0 saturated carbocycles. The molecule has 3 fully saturated rings. The van der Waals surface area contributed by atoms with Crippen LogP contribution in [0.5, 0.6) is 0 Å². The fraction of sp³-hybridized carbons (Fsp3) is 0.333. The van der Waals surface area contributed by atoms with Crippen LogP contribution in [0.2, 0.25) is 10.0 Å². The van der Waals surface area contributed by atoms with Gasteiger partial charge in [-0.2, -0.15) is 64.4 Å². The first-order valence-electron chi connectivity index (χ1n) is 35.4. The van der Waals surface area contributed by atoms with Crippen molar-refractivity contribution in [2.24, 2.45) is 0 Å². The number of thioether (sulfide) groups is 1. The van der Waals surface area contributed by atoms with E-state index in [-0.39, 0.29) is 60.8 Å². The number of amides is 4. The molecular weight excluding hydrogens is 1650 g/mol. The molecule has 0 unspecified atom stereocenters. The highest BCUT2D eigenvalue weighted by molar-refractivity contribution is 7.98. The van der Waals surface area contributed by atoms with E-state index in [9.17, 15) is 85.0 Å². The Morgan fingerprint density at radius 2 is 0.966 bits per heavy atom. The molecule has 0 bridgehead atoms. The van der Waals surface area contributed by atoms with Crippen LogP contribution in [0.25, 0.3) is 89.7 Å². The second-order valence-corrected chi connectivity index (χ2v) is 28.6. The van der Waals surface area contributed by atoms with E-state index in [4.69, 9.17) is 23.2 Å². The predicted molar refractivity (Wildman–Crippen MR) is 417 cm³/mol. The number of aromatic nitrogens is 16. The second-order valence-electron chi connectivity index (χ2n) is 26.8.